The van der Waals surface area contributed by atoms with Crippen LogP contribution in [0, 0.1) is 23.6 Å². The summed E-state index contributed by atoms with van der Waals surface area (Å²) in [6.45, 7) is 2.56. The third-order valence-corrected chi connectivity index (χ3v) is 8.51. The Morgan fingerprint density at radius 3 is 2.66 bits per heavy atom. The maximum absolute atomic E-state index is 13.9. The molecule has 4 rings (SSSR count). The molecular formula is C30H39BFNO8. The minimum Gasteiger partial charge on any atom is -0.505 e. The number of nitrogens with zero attached hydrogens (tertiary/aromatic N) is 1. The number of phenols is 1. The summed E-state index contributed by atoms with van der Waals surface area (Å²) in [5.74, 6) is -3.82. The quantitative estimate of drug-likeness (QED) is 0.139. The second-order valence-corrected chi connectivity index (χ2v) is 11.2. The number of benzene rings is 1. The molecule has 0 aromatic heterocycles. The molecule has 2 heterocycles. The topological polar surface area (TPSA) is 134 Å². The van der Waals surface area contributed by atoms with Crippen molar-refractivity contribution < 1.29 is 43.4 Å². The molecule has 0 bridgehead atoms. The number of imide groups is 1. The molecule has 1 aromatic carbocycles. The van der Waals surface area contributed by atoms with Gasteiger partial charge in [-0.25, -0.2) is 4.39 Å². The lowest BCUT2D eigenvalue weighted by molar-refractivity contribution is -0.141. The molecule has 9 nitrogen and oxygen atoms in total. The van der Waals surface area contributed by atoms with E-state index in [1.165, 1.54) is 17.0 Å². The van der Waals surface area contributed by atoms with Gasteiger partial charge in [-0.1, -0.05) is 31.1 Å². The van der Waals surface area contributed by atoms with E-state index >= 15 is 0 Å². The number of allylic oxidation sites excluding steroid dienone is 1. The monoisotopic (exact) mass is 571 g/mol. The van der Waals surface area contributed by atoms with Gasteiger partial charge in [0.1, 0.15) is 0 Å². The Labute approximate surface area is 240 Å². The highest BCUT2D eigenvalue weighted by molar-refractivity contribution is 6.43. The molecule has 0 radical (unpaired) electrons. The minimum atomic E-state index is -1.08. The van der Waals surface area contributed by atoms with Gasteiger partial charge < -0.3 is 24.6 Å². The zero-order valence-corrected chi connectivity index (χ0v) is 23.7. The number of carbonyl (C=O) groups excluding carboxylic acids is 2. The molecule has 4 atom stereocenters. The van der Waals surface area contributed by atoms with Crippen molar-refractivity contribution in [1.82, 2.24) is 4.90 Å². The number of hydrogen-bond donors (Lipinski definition) is 3. The smallest absolute Gasteiger partial charge is 0.455 e. The van der Waals surface area contributed by atoms with Gasteiger partial charge in [-0.3, -0.25) is 19.3 Å². The van der Waals surface area contributed by atoms with Crippen LogP contribution in [0.25, 0.3) is 6.08 Å². The number of carbonyl (C=O) groups is 3. The van der Waals surface area contributed by atoms with Crippen LogP contribution >= 0.6 is 0 Å². The predicted molar refractivity (Wildman–Crippen MR) is 150 cm³/mol. The van der Waals surface area contributed by atoms with E-state index in [1.54, 1.807) is 13.2 Å². The summed E-state index contributed by atoms with van der Waals surface area (Å²) in [5.41, 5.74) is 3.55. The first-order valence-electron chi connectivity index (χ1n) is 14.4. The summed E-state index contributed by atoms with van der Waals surface area (Å²) in [6, 6.07) is 4.24. The van der Waals surface area contributed by atoms with Crippen molar-refractivity contribution in [2.45, 2.75) is 70.7 Å². The molecule has 11 heteroatoms. The highest BCUT2D eigenvalue weighted by Crippen LogP contribution is 2.50. The number of rotatable bonds is 13. The average molecular weight is 571 g/mol. The number of phenolic OH excluding ortho intramolecular Hbond substituents is 1. The molecule has 2 aliphatic heterocycles. The summed E-state index contributed by atoms with van der Waals surface area (Å²) in [5, 5.41) is 29.1. The van der Waals surface area contributed by atoms with Crippen molar-refractivity contribution in [3.05, 3.63) is 46.3 Å². The molecule has 2 saturated heterocycles. The number of halogens is 1. The van der Waals surface area contributed by atoms with E-state index in [1.807, 2.05) is 13.0 Å². The van der Waals surface area contributed by atoms with Gasteiger partial charge in [0.05, 0.1) is 24.5 Å². The first-order valence-corrected chi connectivity index (χ1v) is 14.4. The number of aliphatic carboxylic acids is 1. The first-order chi connectivity index (χ1) is 19.6. The van der Waals surface area contributed by atoms with Crippen molar-refractivity contribution in [1.29, 1.82) is 0 Å². The van der Waals surface area contributed by atoms with Gasteiger partial charge in [0.25, 0.3) is 0 Å². The molecule has 1 aromatic rings. The fraction of sp³-hybridized carbons (Fsp3) is 0.567. The molecule has 0 saturated carbocycles. The largest absolute Gasteiger partial charge is 0.505 e. The average Bonchev–Trinajstić information content (AvgIpc) is 3.17. The predicted octanol–water partition coefficient (Wildman–Crippen LogP) is 4.19. The van der Waals surface area contributed by atoms with Crippen molar-refractivity contribution in [2.75, 3.05) is 20.3 Å². The van der Waals surface area contributed by atoms with Crippen LogP contribution in [0.1, 0.15) is 63.9 Å². The van der Waals surface area contributed by atoms with Gasteiger partial charge in [-0.2, -0.15) is 0 Å². The summed E-state index contributed by atoms with van der Waals surface area (Å²) < 4.78 is 25.4. The zero-order chi connectivity index (χ0) is 29.7. The van der Waals surface area contributed by atoms with Crippen LogP contribution in [0.3, 0.4) is 0 Å². The number of amides is 2. The lowest BCUT2D eigenvalue weighted by Crippen LogP contribution is -2.46. The number of unbranched alkanes of at least 4 members (excludes halogenated alkanes) is 2. The fourth-order valence-electron chi connectivity index (χ4n) is 6.60. The Morgan fingerprint density at radius 2 is 1.98 bits per heavy atom. The van der Waals surface area contributed by atoms with Crippen LogP contribution in [0.4, 0.5) is 4.39 Å². The molecule has 3 N–H and O–H groups in total. The van der Waals surface area contributed by atoms with E-state index in [0.717, 1.165) is 16.7 Å². The maximum Gasteiger partial charge on any atom is 0.455 e. The highest BCUT2D eigenvalue weighted by Gasteiger charge is 2.57. The zero-order valence-electron chi connectivity index (χ0n) is 23.7. The summed E-state index contributed by atoms with van der Waals surface area (Å²) in [6.07, 6.45) is 5.59. The molecule has 2 fully saturated rings. The Balaban J connectivity index is 1.52. The van der Waals surface area contributed by atoms with Crippen molar-refractivity contribution in [2.24, 2.45) is 17.8 Å². The number of carboxylic acid groups (broad SMARTS) is 1. The van der Waals surface area contributed by atoms with Crippen LogP contribution in [-0.4, -0.2) is 71.4 Å². The third-order valence-electron chi connectivity index (χ3n) is 8.51. The fourth-order valence-corrected chi connectivity index (χ4v) is 6.60. The minimum absolute atomic E-state index is 0.0584. The SMILES string of the molecule is CC/C(=C\c1ccc(O)c(F)c1)CC[C@H]1OB(O)C[C@H]2C1=C(COC)C[C@H]1C(=O)N(CCCCCC(=O)O)C(=O)[C@H]12. The number of ether oxygens (including phenoxy) is 1. The van der Waals surface area contributed by atoms with Crippen LogP contribution in [0.5, 0.6) is 5.75 Å². The van der Waals surface area contributed by atoms with E-state index in [2.05, 4.69) is 0 Å². The first kappa shape index (κ1) is 30.9. The number of fused-ring (bicyclic) bond motifs is 3. The molecule has 0 spiro atoms. The highest BCUT2D eigenvalue weighted by atomic mass is 19.1. The van der Waals surface area contributed by atoms with Crippen molar-refractivity contribution in [3.63, 3.8) is 0 Å². The second-order valence-electron chi connectivity index (χ2n) is 11.2. The molecule has 222 valence electrons. The molecule has 0 unspecified atom stereocenters. The van der Waals surface area contributed by atoms with Gasteiger partial charge in [0.2, 0.25) is 11.8 Å². The molecule has 41 heavy (non-hydrogen) atoms. The van der Waals surface area contributed by atoms with Crippen LogP contribution in [-0.2, 0) is 23.8 Å². The Kier molecular flexibility index (Phi) is 10.4. The van der Waals surface area contributed by atoms with E-state index < -0.39 is 42.6 Å². The van der Waals surface area contributed by atoms with E-state index in [9.17, 15) is 28.9 Å². The van der Waals surface area contributed by atoms with E-state index in [0.29, 0.717) is 57.1 Å². The number of carboxylic acids is 1. The summed E-state index contributed by atoms with van der Waals surface area (Å²) in [4.78, 5) is 39.1. The van der Waals surface area contributed by atoms with E-state index in [-0.39, 0.29) is 37.0 Å². The van der Waals surface area contributed by atoms with Gasteiger partial charge in [-0.15, -0.1) is 0 Å². The number of methoxy groups -OCH3 is 1. The molecule has 2 amide bonds. The lowest BCUT2D eigenvalue weighted by atomic mass is 9.58. The Morgan fingerprint density at radius 1 is 1.20 bits per heavy atom. The van der Waals surface area contributed by atoms with Crippen LogP contribution < -0.4 is 0 Å². The molecular weight excluding hydrogens is 532 g/mol. The van der Waals surface area contributed by atoms with Crippen molar-refractivity contribution in [3.8, 4) is 5.75 Å². The van der Waals surface area contributed by atoms with Crippen molar-refractivity contribution >= 4 is 31.0 Å². The number of aromatic hydroxyl groups is 1. The number of hydrogen-bond acceptors (Lipinski definition) is 7. The van der Waals surface area contributed by atoms with Gasteiger partial charge >= 0.3 is 13.1 Å². The van der Waals surface area contributed by atoms with Crippen LogP contribution in [0.15, 0.2) is 34.9 Å². The lowest BCUT2D eigenvalue weighted by Gasteiger charge is -2.43. The Hall–Kier alpha value is -3.02. The maximum atomic E-state index is 13.9. The summed E-state index contributed by atoms with van der Waals surface area (Å²) in [7, 11) is 0.506. The Bertz CT molecular complexity index is 1220. The number of likely N-dealkylation sites (tertiary alicyclic amines) is 1. The van der Waals surface area contributed by atoms with Gasteiger partial charge in [0.15, 0.2) is 11.6 Å². The summed E-state index contributed by atoms with van der Waals surface area (Å²) >= 11 is 0. The normalized spacial score (nSPS) is 24.6. The third kappa shape index (κ3) is 7.08. The van der Waals surface area contributed by atoms with Crippen LogP contribution in [0.2, 0.25) is 6.32 Å². The van der Waals surface area contributed by atoms with E-state index in [4.69, 9.17) is 14.5 Å². The molecule has 1 aliphatic carbocycles. The van der Waals surface area contributed by atoms with Gasteiger partial charge in [-0.05, 0) is 79.6 Å². The standard InChI is InChI=1S/C30H39BFNO8/c1-3-18(13-19-8-10-24(34)23(32)14-19)9-11-25-27-20(17-40-2)15-21-28(22(27)16-31(39)41-25)30(38)33(29(21)37)12-6-4-5-7-26(35)36/h8,10,13-14,21-22,25,28,34,39H,3-7,9,11-12,15-17H2,1-2H3,(H,35,36)/b18-13+/t21-,22+,25-,28-/m1/s1. The molecule has 3 aliphatic rings. The second kappa shape index (κ2) is 13.8. The van der Waals surface area contributed by atoms with Gasteiger partial charge in [0, 0.05) is 20.1 Å².